The van der Waals surface area contributed by atoms with Gasteiger partial charge in [0.15, 0.2) is 0 Å². The van der Waals surface area contributed by atoms with Crippen molar-refractivity contribution in [1.82, 2.24) is 0 Å². The van der Waals surface area contributed by atoms with Gasteiger partial charge in [-0.3, -0.25) is 0 Å². The van der Waals surface area contributed by atoms with Crippen molar-refractivity contribution < 1.29 is 4.74 Å². The third-order valence-corrected chi connectivity index (χ3v) is 6.98. The van der Waals surface area contributed by atoms with Crippen LogP contribution >= 0.6 is 11.6 Å². The lowest BCUT2D eigenvalue weighted by Crippen LogP contribution is -2.26. The zero-order valence-corrected chi connectivity index (χ0v) is 24.0. The number of halogens is 1. The lowest BCUT2D eigenvalue weighted by Gasteiger charge is -2.27. The molecule has 0 aliphatic heterocycles. The van der Waals surface area contributed by atoms with Gasteiger partial charge >= 0.3 is 0 Å². The summed E-state index contributed by atoms with van der Waals surface area (Å²) in [5.41, 5.74) is 1.17. The Morgan fingerprint density at radius 1 is 0.629 bits per heavy atom. The lowest BCUT2D eigenvalue weighted by molar-refractivity contribution is 0.304. The summed E-state index contributed by atoms with van der Waals surface area (Å²) in [4.78, 5) is 2.53. The van der Waals surface area contributed by atoms with E-state index in [1.807, 2.05) is 6.07 Å². The highest BCUT2D eigenvalue weighted by Crippen LogP contribution is 2.35. The molecule has 202 valence electrons. The van der Waals surface area contributed by atoms with E-state index in [1.54, 1.807) is 0 Å². The van der Waals surface area contributed by atoms with Gasteiger partial charge in [0, 0.05) is 23.9 Å². The molecule has 4 nitrogen and oxygen atoms in total. The Kier molecular flexibility index (Phi) is 24.5. The van der Waals surface area contributed by atoms with E-state index in [1.165, 1.54) is 115 Å². The van der Waals surface area contributed by atoms with Crippen LogP contribution in [0.2, 0.25) is 5.02 Å². The van der Waals surface area contributed by atoms with Crippen molar-refractivity contribution >= 4 is 17.3 Å². The quantitative estimate of drug-likeness (QED) is 0.109. The first kappa shape index (κ1) is 33.5. The normalized spacial score (nSPS) is 10.6. The smallest absolute Gasteiger partial charge is 0.140 e. The first-order valence-corrected chi connectivity index (χ1v) is 15.0. The van der Waals surface area contributed by atoms with Crippen molar-refractivity contribution in [3.05, 3.63) is 23.2 Å². The molecule has 0 saturated heterocycles. The summed E-state index contributed by atoms with van der Waals surface area (Å²) in [6.45, 7) is 9.80. The highest BCUT2D eigenvalue weighted by molar-refractivity contribution is 6.34. The third-order valence-electron chi connectivity index (χ3n) is 6.60. The van der Waals surface area contributed by atoms with Gasteiger partial charge in [-0.2, -0.15) is 0 Å². The van der Waals surface area contributed by atoms with Crippen LogP contribution in [0.25, 0.3) is 0 Å². The number of hydrogen-bond acceptors (Lipinski definition) is 4. The molecule has 0 amide bonds. The number of ether oxygens (including phenoxy) is 1. The van der Waals surface area contributed by atoms with Gasteiger partial charge < -0.3 is 9.64 Å². The first-order valence-electron chi connectivity index (χ1n) is 14.6. The third kappa shape index (κ3) is 17.6. The van der Waals surface area contributed by atoms with E-state index >= 15 is 0 Å². The van der Waals surface area contributed by atoms with Crippen molar-refractivity contribution in [2.24, 2.45) is 0 Å². The van der Waals surface area contributed by atoms with Crippen molar-refractivity contribution in [2.75, 3.05) is 24.6 Å². The molecule has 1 aromatic rings. The zero-order chi connectivity index (χ0) is 26.0. The van der Waals surface area contributed by atoms with Crippen LogP contribution in [0.4, 0.5) is 5.69 Å². The summed E-state index contributed by atoms with van der Waals surface area (Å²) < 4.78 is 6.12. The van der Waals surface area contributed by atoms with E-state index in [4.69, 9.17) is 27.1 Å². The minimum atomic E-state index is 0.768. The van der Waals surface area contributed by atoms with Gasteiger partial charge in [0.2, 0.25) is 0 Å². The van der Waals surface area contributed by atoms with Crippen LogP contribution < -0.4 is 9.64 Å². The van der Waals surface area contributed by atoms with Gasteiger partial charge in [-0.15, -0.1) is 0 Å². The van der Waals surface area contributed by atoms with E-state index in [2.05, 4.69) is 37.8 Å². The Labute approximate surface area is 222 Å². The summed E-state index contributed by atoms with van der Waals surface area (Å²) in [5.74, 6) is 0.860. The number of rotatable bonds is 23. The fourth-order valence-corrected chi connectivity index (χ4v) is 4.74. The molecular formula is C30H54ClN3O. The molecule has 0 fully saturated rings. The molecule has 0 N–H and O–H groups in total. The van der Waals surface area contributed by atoms with E-state index in [0.29, 0.717) is 0 Å². The van der Waals surface area contributed by atoms with E-state index < -0.39 is 0 Å². The van der Waals surface area contributed by atoms with Crippen molar-refractivity contribution in [1.29, 1.82) is 10.8 Å². The number of anilines is 1. The van der Waals surface area contributed by atoms with Crippen LogP contribution in [0.1, 0.15) is 136 Å². The molecule has 0 heterocycles. The Bertz CT molecular complexity index is 593. The van der Waals surface area contributed by atoms with Gasteiger partial charge in [-0.05, 0) is 31.4 Å². The van der Waals surface area contributed by atoms with Crippen LogP contribution in [0.15, 0.2) is 18.2 Å². The average Bonchev–Trinajstić information content (AvgIpc) is 2.88. The first-order chi connectivity index (χ1) is 17.2. The number of nitrogens with zero attached hydrogens (tertiary/aromatic N) is 3. The highest BCUT2D eigenvalue weighted by atomic mass is 35.5. The topological polar surface area (TPSA) is 60.0 Å². The second-order valence-corrected chi connectivity index (χ2v) is 10.1. The molecule has 0 aliphatic carbocycles. The summed E-state index contributed by atoms with van der Waals surface area (Å²) in [6.07, 6.45) is 23.6. The maximum absolute atomic E-state index is 6.88. The van der Waals surface area contributed by atoms with Crippen molar-refractivity contribution in [3.63, 3.8) is 0 Å². The summed E-state index contributed by atoms with van der Waals surface area (Å²) >= 11 is 6.88. The molecule has 5 heteroatoms. The molecule has 1 rings (SSSR count). The van der Waals surface area contributed by atoms with Gasteiger partial charge in [-0.1, -0.05) is 135 Å². The number of benzene rings is 1. The van der Waals surface area contributed by atoms with Crippen LogP contribution in [0.3, 0.4) is 0 Å². The zero-order valence-electron chi connectivity index (χ0n) is 23.2. The standard InChI is InChI=1S/C30H54ClNO.N2/c1-4-7-10-13-16-19-25-32(26-20-17-14-11-8-5-2)28-23-22-24-29(30(28)31)33-27-21-18-15-12-9-6-3;1-2/h22-24H,4-21,25-27H2,1-3H3;. The second-order valence-electron chi connectivity index (χ2n) is 9.73. The Morgan fingerprint density at radius 3 is 1.54 bits per heavy atom. The number of hydrogen-bond donors (Lipinski definition) is 0. The second kappa shape index (κ2) is 25.6. The van der Waals surface area contributed by atoms with Crippen LogP contribution in [0.5, 0.6) is 5.75 Å². The Hall–Kier alpha value is -1.47. The van der Waals surface area contributed by atoms with Crippen molar-refractivity contribution in [3.8, 4) is 5.75 Å². The van der Waals surface area contributed by atoms with Gasteiger partial charge in [0.05, 0.1) is 12.3 Å². The van der Waals surface area contributed by atoms with Gasteiger partial charge in [-0.25, -0.2) is 0 Å². The van der Waals surface area contributed by atoms with Crippen LogP contribution in [-0.4, -0.2) is 19.7 Å². The van der Waals surface area contributed by atoms with Crippen LogP contribution in [0, 0.1) is 10.8 Å². The maximum atomic E-state index is 6.88. The number of unbranched alkanes of at least 4 members (excludes halogenated alkanes) is 15. The largest absolute Gasteiger partial charge is 0.492 e. The summed E-state index contributed by atoms with van der Waals surface area (Å²) in [6, 6.07) is 6.35. The van der Waals surface area contributed by atoms with E-state index in [0.717, 1.165) is 36.9 Å². The van der Waals surface area contributed by atoms with Gasteiger partial charge in [0.25, 0.3) is 0 Å². The molecule has 0 saturated carbocycles. The molecule has 0 unspecified atom stereocenters. The lowest BCUT2D eigenvalue weighted by atomic mass is 10.1. The summed E-state index contributed by atoms with van der Waals surface area (Å²) in [7, 11) is 0. The molecule has 0 aromatic heterocycles. The Balaban J connectivity index is 0.00000562. The summed E-state index contributed by atoms with van der Waals surface area (Å²) in [5, 5.41) is 12.8. The molecular weight excluding hydrogens is 454 g/mol. The predicted molar refractivity (Wildman–Crippen MR) is 153 cm³/mol. The molecule has 0 radical (unpaired) electrons. The van der Waals surface area contributed by atoms with Crippen LogP contribution in [-0.2, 0) is 0 Å². The molecule has 0 aliphatic rings. The molecule has 35 heavy (non-hydrogen) atoms. The molecule has 1 aromatic carbocycles. The fourth-order valence-electron chi connectivity index (χ4n) is 4.44. The molecule has 0 spiro atoms. The molecule has 0 bridgehead atoms. The SMILES string of the molecule is CCCCCCCCOc1cccc(N(CCCCCCCC)CCCCCCCC)c1Cl.N#N. The van der Waals surface area contributed by atoms with Crippen molar-refractivity contribution in [2.45, 2.75) is 136 Å². The fraction of sp³-hybridized carbons (Fsp3) is 0.800. The van der Waals surface area contributed by atoms with Gasteiger partial charge in [0.1, 0.15) is 10.8 Å². The highest BCUT2D eigenvalue weighted by Gasteiger charge is 2.14. The Morgan fingerprint density at radius 2 is 1.06 bits per heavy atom. The minimum Gasteiger partial charge on any atom is -0.492 e. The minimum absolute atomic E-state index is 0.768. The predicted octanol–water partition coefficient (Wildman–Crippen LogP) is 10.6. The monoisotopic (exact) mass is 507 g/mol. The van der Waals surface area contributed by atoms with E-state index in [-0.39, 0.29) is 0 Å². The average molecular weight is 508 g/mol. The van der Waals surface area contributed by atoms with E-state index in [9.17, 15) is 0 Å². The maximum Gasteiger partial charge on any atom is 0.140 e. The molecule has 0 atom stereocenters.